The van der Waals surface area contributed by atoms with Gasteiger partial charge >= 0.3 is 11.9 Å². The van der Waals surface area contributed by atoms with Crippen molar-refractivity contribution in [1.29, 1.82) is 0 Å². The second kappa shape index (κ2) is 10.7. The molecule has 1 aliphatic rings. The Morgan fingerprint density at radius 3 is 2.61 bits per heavy atom. The van der Waals surface area contributed by atoms with Crippen LogP contribution in [0, 0.1) is 0 Å². The topological polar surface area (TPSA) is 90.7 Å². The molecule has 1 unspecified atom stereocenters. The lowest BCUT2D eigenvalue weighted by molar-refractivity contribution is -0.155. The van der Waals surface area contributed by atoms with Crippen LogP contribution in [0.1, 0.15) is 50.4 Å². The molecule has 9 heteroatoms. The van der Waals surface area contributed by atoms with Gasteiger partial charge in [-0.05, 0) is 58.2 Å². The molecule has 3 rings (SSSR count). The first-order valence-corrected chi connectivity index (χ1v) is 11.7. The summed E-state index contributed by atoms with van der Waals surface area (Å²) in [5.41, 5.74) is 2.03. The maximum atomic E-state index is 12.9. The van der Waals surface area contributed by atoms with Crippen molar-refractivity contribution in [1.82, 2.24) is 14.5 Å². The Balaban J connectivity index is 1.75. The smallest absolute Gasteiger partial charge is 0.338 e. The van der Waals surface area contributed by atoms with Gasteiger partial charge in [-0.1, -0.05) is 11.8 Å². The highest BCUT2D eigenvalue weighted by Gasteiger charge is 2.33. The number of aryl methyl sites for hydroxylation is 1. The van der Waals surface area contributed by atoms with Gasteiger partial charge in [-0.25, -0.2) is 14.6 Å². The van der Waals surface area contributed by atoms with Crippen molar-refractivity contribution >= 4 is 40.6 Å². The minimum absolute atomic E-state index is 0.0929. The molecular weight excluding hydrogens is 418 g/mol. The summed E-state index contributed by atoms with van der Waals surface area (Å²) >= 11 is 1.34. The monoisotopic (exact) mass is 447 g/mol. The zero-order chi connectivity index (χ0) is 22.4. The first-order valence-electron chi connectivity index (χ1n) is 10.8. The third kappa shape index (κ3) is 5.20. The summed E-state index contributed by atoms with van der Waals surface area (Å²) in [4.78, 5) is 43.5. The van der Waals surface area contributed by atoms with E-state index in [4.69, 9.17) is 9.47 Å². The van der Waals surface area contributed by atoms with Crippen LogP contribution in [0.15, 0.2) is 23.4 Å². The molecule has 0 spiro atoms. The van der Waals surface area contributed by atoms with Crippen LogP contribution < -0.4 is 0 Å². The SMILES string of the molecule is CCOC(=O)c1ccc2c(c1)nc(SCC(=O)N1CCCCC1C(=O)OCC)n2CC. The number of amides is 1. The third-order valence-corrected chi connectivity index (χ3v) is 6.21. The van der Waals surface area contributed by atoms with Crippen molar-refractivity contribution in [3.05, 3.63) is 23.8 Å². The van der Waals surface area contributed by atoms with Crippen molar-refractivity contribution in [2.24, 2.45) is 0 Å². The molecule has 0 radical (unpaired) electrons. The van der Waals surface area contributed by atoms with Crippen LogP contribution in [0.4, 0.5) is 0 Å². The number of thioether (sulfide) groups is 1. The van der Waals surface area contributed by atoms with E-state index in [-0.39, 0.29) is 23.6 Å². The summed E-state index contributed by atoms with van der Waals surface area (Å²) in [6.07, 6.45) is 2.44. The van der Waals surface area contributed by atoms with Crippen molar-refractivity contribution in [2.45, 2.75) is 57.8 Å². The number of fused-ring (bicyclic) bond motifs is 1. The highest BCUT2D eigenvalue weighted by Crippen LogP contribution is 2.27. The number of carbonyl (C=O) groups is 3. The molecule has 1 atom stereocenters. The van der Waals surface area contributed by atoms with Crippen molar-refractivity contribution in [3.63, 3.8) is 0 Å². The fraction of sp³-hybridized carbons (Fsp3) is 0.545. The van der Waals surface area contributed by atoms with Crippen LogP contribution in [-0.4, -0.2) is 63.8 Å². The average Bonchev–Trinajstić information content (AvgIpc) is 3.14. The van der Waals surface area contributed by atoms with Crippen molar-refractivity contribution in [3.8, 4) is 0 Å². The van der Waals surface area contributed by atoms with Crippen LogP contribution in [0.3, 0.4) is 0 Å². The van der Waals surface area contributed by atoms with Crippen LogP contribution in [0.2, 0.25) is 0 Å². The fourth-order valence-corrected chi connectivity index (χ4v) is 4.75. The van der Waals surface area contributed by atoms with Gasteiger partial charge < -0.3 is 18.9 Å². The Morgan fingerprint density at radius 1 is 1.13 bits per heavy atom. The molecule has 8 nitrogen and oxygen atoms in total. The Morgan fingerprint density at radius 2 is 1.90 bits per heavy atom. The van der Waals surface area contributed by atoms with Gasteiger partial charge in [-0.2, -0.15) is 0 Å². The van der Waals surface area contributed by atoms with Crippen LogP contribution in [-0.2, 0) is 25.6 Å². The summed E-state index contributed by atoms with van der Waals surface area (Å²) in [5.74, 6) is -0.614. The summed E-state index contributed by atoms with van der Waals surface area (Å²) in [6, 6.07) is 4.79. The van der Waals surface area contributed by atoms with Gasteiger partial charge in [-0.15, -0.1) is 0 Å². The quantitative estimate of drug-likeness (QED) is 0.453. The Labute approximate surface area is 186 Å². The highest BCUT2D eigenvalue weighted by molar-refractivity contribution is 7.99. The number of imidazole rings is 1. The Hall–Kier alpha value is -2.55. The summed E-state index contributed by atoms with van der Waals surface area (Å²) in [5, 5.41) is 0.705. The van der Waals surface area contributed by atoms with E-state index in [0.717, 1.165) is 18.4 Å². The number of ether oxygens (including phenoxy) is 2. The van der Waals surface area contributed by atoms with Crippen molar-refractivity contribution < 1.29 is 23.9 Å². The van der Waals surface area contributed by atoms with Crippen LogP contribution in [0.25, 0.3) is 11.0 Å². The van der Waals surface area contributed by atoms with Gasteiger partial charge in [0.2, 0.25) is 5.91 Å². The standard InChI is InChI=1S/C22H29N3O5S/c1-4-24-17-11-10-15(20(27)29-5-2)13-16(17)23-22(24)31-14-19(26)25-12-8-7-9-18(25)21(28)30-6-3/h10-11,13,18H,4-9,12,14H2,1-3H3. The number of carbonyl (C=O) groups excluding carboxylic acids is 3. The van der Waals surface area contributed by atoms with Gasteiger partial charge in [0.15, 0.2) is 5.16 Å². The molecule has 0 N–H and O–H groups in total. The normalized spacial score (nSPS) is 16.4. The average molecular weight is 448 g/mol. The zero-order valence-corrected chi connectivity index (χ0v) is 19.1. The maximum Gasteiger partial charge on any atom is 0.338 e. The van der Waals surface area contributed by atoms with Gasteiger partial charge in [0, 0.05) is 13.1 Å². The molecule has 0 saturated carbocycles. The number of likely N-dealkylation sites (tertiary alicyclic amines) is 1. The second-order valence-corrected chi connectivity index (χ2v) is 8.14. The second-order valence-electron chi connectivity index (χ2n) is 7.20. The van der Waals surface area contributed by atoms with E-state index in [1.807, 2.05) is 17.6 Å². The van der Waals surface area contributed by atoms with Gasteiger partial charge in [0.1, 0.15) is 6.04 Å². The van der Waals surface area contributed by atoms with E-state index >= 15 is 0 Å². The van der Waals surface area contributed by atoms with E-state index in [1.54, 1.807) is 30.9 Å². The number of hydrogen-bond donors (Lipinski definition) is 0. The molecule has 31 heavy (non-hydrogen) atoms. The molecule has 0 aliphatic carbocycles. The zero-order valence-electron chi connectivity index (χ0n) is 18.3. The number of rotatable bonds is 8. The fourth-order valence-electron chi connectivity index (χ4n) is 3.79. The molecule has 1 saturated heterocycles. The number of piperidine rings is 1. The molecule has 1 amide bonds. The third-order valence-electron chi connectivity index (χ3n) is 5.25. The first-order chi connectivity index (χ1) is 15.0. The lowest BCUT2D eigenvalue weighted by Crippen LogP contribution is -2.49. The molecule has 168 valence electrons. The number of benzene rings is 1. The minimum Gasteiger partial charge on any atom is -0.464 e. The van der Waals surface area contributed by atoms with E-state index in [1.165, 1.54) is 11.8 Å². The van der Waals surface area contributed by atoms with E-state index < -0.39 is 6.04 Å². The number of hydrogen-bond acceptors (Lipinski definition) is 7. The van der Waals surface area contributed by atoms with E-state index in [0.29, 0.717) is 49.0 Å². The predicted molar refractivity (Wildman–Crippen MR) is 118 cm³/mol. The molecule has 0 bridgehead atoms. The van der Waals surface area contributed by atoms with Gasteiger partial charge in [0.05, 0.1) is 35.6 Å². The molecular formula is C22H29N3O5S. The van der Waals surface area contributed by atoms with Gasteiger partial charge in [-0.3, -0.25) is 4.79 Å². The maximum absolute atomic E-state index is 12.9. The molecule has 2 aromatic rings. The summed E-state index contributed by atoms with van der Waals surface area (Å²) in [7, 11) is 0. The number of esters is 2. The minimum atomic E-state index is -0.501. The summed E-state index contributed by atoms with van der Waals surface area (Å²) in [6.45, 7) is 7.41. The van der Waals surface area contributed by atoms with Gasteiger partial charge in [0.25, 0.3) is 0 Å². The highest BCUT2D eigenvalue weighted by atomic mass is 32.2. The lowest BCUT2D eigenvalue weighted by atomic mass is 10.0. The number of nitrogens with zero attached hydrogens (tertiary/aromatic N) is 3. The van der Waals surface area contributed by atoms with Crippen LogP contribution in [0.5, 0.6) is 0 Å². The molecule has 1 fully saturated rings. The summed E-state index contributed by atoms with van der Waals surface area (Å²) < 4.78 is 12.2. The molecule has 1 aromatic carbocycles. The predicted octanol–water partition coefficient (Wildman–Crippen LogP) is 3.27. The van der Waals surface area contributed by atoms with E-state index in [9.17, 15) is 14.4 Å². The molecule has 1 aliphatic heterocycles. The number of aromatic nitrogens is 2. The van der Waals surface area contributed by atoms with E-state index in [2.05, 4.69) is 4.98 Å². The molecule has 2 heterocycles. The van der Waals surface area contributed by atoms with Crippen LogP contribution >= 0.6 is 11.8 Å². The lowest BCUT2D eigenvalue weighted by Gasteiger charge is -2.33. The Kier molecular flexibility index (Phi) is 7.95. The largest absolute Gasteiger partial charge is 0.464 e. The first kappa shape index (κ1) is 23.1. The molecule has 1 aromatic heterocycles. The van der Waals surface area contributed by atoms with Crippen molar-refractivity contribution in [2.75, 3.05) is 25.5 Å². The Bertz CT molecular complexity index is 958.